The van der Waals surface area contributed by atoms with E-state index in [-0.39, 0.29) is 0 Å². The Bertz CT molecular complexity index is 493. The van der Waals surface area contributed by atoms with Crippen molar-refractivity contribution in [2.24, 2.45) is 0 Å². The number of nitrogens with zero attached hydrogens (tertiary/aromatic N) is 2. The van der Waals surface area contributed by atoms with Crippen LogP contribution in [-0.4, -0.2) is 18.1 Å². The molecule has 2 aromatic rings. The highest BCUT2D eigenvalue weighted by atomic mass is 15.1. The average Bonchev–Trinajstić information content (AvgIpc) is 2.81. The maximum absolute atomic E-state index is 4.37. The molecule has 3 rings (SSSR count). The summed E-state index contributed by atoms with van der Waals surface area (Å²) in [7, 11) is 0. The molecule has 0 amide bonds. The molecule has 0 saturated carbocycles. The summed E-state index contributed by atoms with van der Waals surface area (Å²) in [5.41, 5.74) is 4.06. The van der Waals surface area contributed by atoms with Gasteiger partial charge in [-0.1, -0.05) is 24.3 Å². The van der Waals surface area contributed by atoms with Gasteiger partial charge in [0.05, 0.1) is 0 Å². The fourth-order valence-corrected chi connectivity index (χ4v) is 2.43. The number of hydrogen-bond donors (Lipinski definition) is 0. The Morgan fingerprint density at radius 2 is 1.94 bits per heavy atom. The van der Waals surface area contributed by atoms with Crippen molar-refractivity contribution in [3.63, 3.8) is 0 Å². The molecule has 0 spiro atoms. The number of rotatable bonds is 3. The van der Waals surface area contributed by atoms with Crippen molar-refractivity contribution in [3.8, 4) is 0 Å². The second-order valence-electron chi connectivity index (χ2n) is 4.44. The molecular weight excluding hydrogens is 208 g/mol. The largest absolute Gasteiger partial charge is 0.371 e. The Kier molecular flexibility index (Phi) is 2.78. The summed E-state index contributed by atoms with van der Waals surface area (Å²) >= 11 is 0. The smallest absolute Gasteiger partial charge is 0.0421 e. The van der Waals surface area contributed by atoms with Gasteiger partial charge in [-0.2, -0.15) is 0 Å². The molecule has 0 radical (unpaired) electrons. The maximum atomic E-state index is 4.37. The number of hydrogen-bond acceptors (Lipinski definition) is 2. The van der Waals surface area contributed by atoms with Crippen LogP contribution in [-0.2, 0) is 12.8 Å². The second kappa shape index (κ2) is 4.58. The van der Waals surface area contributed by atoms with Crippen LogP contribution in [0.5, 0.6) is 0 Å². The summed E-state index contributed by atoms with van der Waals surface area (Å²) in [6.45, 7) is 2.21. The molecule has 1 aliphatic rings. The molecule has 0 atom stereocenters. The topological polar surface area (TPSA) is 16.1 Å². The highest BCUT2D eigenvalue weighted by Gasteiger charge is 2.17. The number of anilines is 1. The zero-order chi connectivity index (χ0) is 11.5. The van der Waals surface area contributed by atoms with E-state index in [1.165, 1.54) is 23.4 Å². The minimum atomic E-state index is 1.02. The van der Waals surface area contributed by atoms with Crippen LogP contribution in [0.15, 0.2) is 48.7 Å². The molecule has 2 heteroatoms. The first-order valence-electron chi connectivity index (χ1n) is 6.16. The van der Waals surface area contributed by atoms with E-state index in [1.807, 2.05) is 12.3 Å². The molecule has 2 nitrogen and oxygen atoms in total. The van der Waals surface area contributed by atoms with Crippen LogP contribution in [0.2, 0.25) is 0 Å². The first-order valence-corrected chi connectivity index (χ1v) is 6.16. The van der Waals surface area contributed by atoms with Gasteiger partial charge < -0.3 is 4.90 Å². The Morgan fingerprint density at radius 3 is 2.82 bits per heavy atom. The van der Waals surface area contributed by atoms with Gasteiger partial charge in [-0.15, -0.1) is 0 Å². The van der Waals surface area contributed by atoms with Gasteiger partial charge in [0.25, 0.3) is 0 Å². The third kappa shape index (κ3) is 2.16. The van der Waals surface area contributed by atoms with Crippen LogP contribution in [0.1, 0.15) is 11.3 Å². The molecule has 0 aliphatic carbocycles. The van der Waals surface area contributed by atoms with E-state index in [9.17, 15) is 0 Å². The SMILES string of the molecule is c1ccc(CCN2CCc3ccccc32)nc1. The second-order valence-corrected chi connectivity index (χ2v) is 4.44. The van der Waals surface area contributed by atoms with Crippen molar-refractivity contribution >= 4 is 5.69 Å². The summed E-state index contributed by atoms with van der Waals surface area (Å²) in [6, 6.07) is 14.8. The van der Waals surface area contributed by atoms with Gasteiger partial charge in [0, 0.05) is 37.1 Å². The Balaban J connectivity index is 1.68. The predicted molar refractivity (Wildman–Crippen MR) is 70.3 cm³/mol. The lowest BCUT2D eigenvalue weighted by Crippen LogP contribution is -2.23. The maximum Gasteiger partial charge on any atom is 0.0421 e. The first-order chi connectivity index (χ1) is 8.43. The molecule has 0 saturated heterocycles. The van der Waals surface area contributed by atoms with Crippen LogP contribution < -0.4 is 4.90 Å². The molecule has 2 heterocycles. The fourth-order valence-electron chi connectivity index (χ4n) is 2.43. The van der Waals surface area contributed by atoms with Gasteiger partial charge in [0.15, 0.2) is 0 Å². The van der Waals surface area contributed by atoms with Crippen LogP contribution in [0.3, 0.4) is 0 Å². The quantitative estimate of drug-likeness (QED) is 0.797. The van der Waals surface area contributed by atoms with Crippen molar-refractivity contribution in [1.82, 2.24) is 4.98 Å². The Labute approximate surface area is 102 Å². The molecule has 1 aliphatic heterocycles. The first kappa shape index (κ1) is 10.3. The molecular formula is C15H16N2. The van der Waals surface area contributed by atoms with Crippen LogP contribution in [0.25, 0.3) is 0 Å². The summed E-state index contributed by atoms with van der Waals surface area (Å²) < 4.78 is 0. The fraction of sp³-hybridized carbons (Fsp3) is 0.267. The number of pyridine rings is 1. The average molecular weight is 224 g/mol. The van der Waals surface area contributed by atoms with Gasteiger partial charge in [-0.05, 0) is 30.2 Å². The highest BCUT2D eigenvalue weighted by molar-refractivity contribution is 5.57. The van der Waals surface area contributed by atoms with E-state index >= 15 is 0 Å². The summed E-state index contributed by atoms with van der Waals surface area (Å²) in [6.07, 6.45) is 4.07. The van der Waals surface area contributed by atoms with Crippen LogP contribution in [0.4, 0.5) is 5.69 Å². The van der Waals surface area contributed by atoms with Crippen molar-refractivity contribution in [2.45, 2.75) is 12.8 Å². The van der Waals surface area contributed by atoms with Gasteiger partial charge in [0.1, 0.15) is 0 Å². The number of benzene rings is 1. The van der Waals surface area contributed by atoms with E-state index in [0.29, 0.717) is 0 Å². The summed E-state index contributed by atoms with van der Waals surface area (Å²) in [5, 5.41) is 0. The zero-order valence-corrected chi connectivity index (χ0v) is 9.84. The monoisotopic (exact) mass is 224 g/mol. The van der Waals surface area contributed by atoms with Crippen LogP contribution in [0, 0.1) is 0 Å². The molecule has 0 N–H and O–H groups in total. The molecule has 0 bridgehead atoms. The molecule has 86 valence electrons. The third-order valence-electron chi connectivity index (χ3n) is 3.35. The summed E-state index contributed by atoms with van der Waals surface area (Å²) in [4.78, 5) is 6.83. The van der Waals surface area contributed by atoms with E-state index < -0.39 is 0 Å². The lowest BCUT2D eigenvalue weighted by molar-refractivity contribution is 0.799. The molecule has 0 fully saturated rings. The van der Waals surface area contributed by atoms with Gasteiger partial charge in [-0.25, -0.2) is 0 Å². The van der Waals surface area contributed by atoms with Gasteiger partial charge >= 0.3 is 0 Å². The normalized spacial score (nSPS) is 13.8. The highest BCUT2D eigenvalue weighted by Crippen LogP contribution is 2.27. The lowest BCUT2D eigenvalue weighted by atomic mass is 10.2. The molecule has 17 heavy (non-hydrogen) atoms. The van der Waals surface area contributed by atoms with Gasteiger partial charge in [0.2, 0.25) is 0 Å². The van der Waals surface area contributed by atoms with Gasteiger partial charge in [-0.3, -0.25) is 4.98 Å². The van der Waals surface area contributed by atoms with Crippen molar-refractivity contribution in [2.75, 3.05) is 18.0 Å². The van der Waals surface area contributed by atoms with Crippen molar-refractivity contribution < 1.29 is 0 Å². The Morgan fingerprint density at radius 1 is 1.06 bits per heavy atom. The van der Waals surface area contributed by atoms with Crippen LogP contribution >= 0.6 is 0 Å². The predicted octanol–water partition coefficient (Wildman–Crippen LogP) is 2.69. The van der Waals surface area contributed by atoms with E-state index in [1.54, 1.807) is 0 Å². The lowest BCUT2D eigenvalue weighted by Gasteiger charge is -2.18. The molecule has 1 aromatic carbocycles. The third-order valence-corrected chi connectivity index (χ3v) is 3.35. The molecule has 1 aromatic heterocycles. The van der Waals surface area contributed by atoms with E-state index in [2.05, 4.69) is 46.3 Å². The van der Waals surface area contributed by atoms with Crippen molar-refractivity contribution in [1.29, 1.82) is 0 Å². The molecule has 0 unspecified atom stereocenters. The number of para-hydroxylation sites is 1. The number of aromatic nitrogens is 1. The minimum Gasteiger partial charge on any atom is -0.371 e. The standard InChI is InChI=1S/C15H16N2/c1-2-7-15-13(5-1)8-11-17(15)12-9-14-6-3-4-10-16-14/h1-7,10H,8-9,11-12H2. The minimum absolute atomic E-state index is 1.02. The summed E-state index contributed by atoms with van der Waals surface area (Å²) in [5.74, 6) is 0. The Hall–Kier alpha value is -1.83. The van der Waals surface area contributed by atoms with E-state index in [0.717, 1.165) is 19.5 Å². The zero-order valence-electron chi connectivity index (χ0n) is 9.84. The van der Waals surface area contributed by atoms with Crippen molar-refractivity contribution in [3.05, 3.63) is 59.9 Å². The van der Waals surface area contributed by atoms with E-state index in [4.69, 9.17) is 0 Å². The number of fused-ring (bicyclic) bond motifs is 1.